The van der Waals surface area contributed by atoms with Gasteiger partial charge in [0.1, 0.15) is 12.3 Å². The Labute approximate surface area is 302 Å². The van der Waals surface area contributed by atoms with E-state index in [1.807, 2.05) is 0 Å². The van der Waals surface area contributed by atoms with Gasteiger partial charge in [-0.3, -0.25) is 9.69 Å². The highest BCUT2D eigenvalue weighted by molar-refractivity contribution is 6.03. The number of likely N-dealkylation sites (tertiary alicyclic amines) is 1. The van der Waals surface area contributed by atoms with Gasteiger partial charge in [-0.25, -0.2) is 14.7 Å². The van der Waals surface area contributed by atoms with Gasteiger partial charge >= 0.3 is 18.4 Å². The summed E-state index contributed by atoms with van der Waals surface area (Å²) in [6.07, 6.45) is -4.83. The number of halogens is 6. The lowest BCUT2D eigenvalue weighted by atomic mass is 10.0. The maximum absolute atomic E-state index is 13.5. The van der Waals surface area contributed by atoms with E-state index in [2.05, 4.69) is 48.9 Å². The molecule has 0 radical (unpaired) electrons. The molecular formula is C35H39F6N9O3. The van der Waals surface area contributed by atoms with Crippen LogP contribution >= 0.6 is 0 Å². The van der Waals surface area contributed by atoms with Gasteiger partial charge in [-0.05, 0) is 69.4 Å². The van der Waals surface area contributed by atoms with Crippen LogP contribution in [0.2, 0.25) is 0 Å². The summed E-state index contributed by atoms with van der Waals surface area (Å²) in [4.78, 5) is 43.1. The molecule has 3 aromatic rings. The number of amides is 3. The molecule has 2 aromatic carbocycles. The molecule has 3 aliphatic heterocycles. The molecule has 1 aromatic heterocycles. The number of carbonyl (C=O) groups excluding carboxylic acids is 2. The molecule has 0 atom stereocenters. The summed E-state index contributed by atoms with van der Waals surface area (Å²) in [7, 11) is 3.59. The molecule has 12 nitrogen and oxygen atoms in total. The Morgan fingerprint density at radius 3 is 2.28 bits per heavy atom. The standard InChI is InChI=1S/C35H39F6N9O3/c1-4-30(51)43-26-17-27(29(53-3)18-28(26)48-15-13-47(14-16-48)24-9-11-46(2)12-10-24)44-32-42-19-22-20-49(21-34(36,37)38)33(52)50(31(22)45-32)25-7-5-23(6-8-25)35(39,40)41/h4-8,17-19,24H,1,9-16,20-21H2,2-3H3,(H,43,51)(H,42,44,45). The van der Waals surface area contributed by atoms with Crippen molar-refractivity contribution >= 4 is 46.5 Å². The number of aromatic nitrogens is 2. The number of alkyl halides is 6. The van der Waals surface area contributed by atoms with Crippen LogP contribution in [0.1, 0.15) is 24.0 Å². The van der Waals surface area contributed by atoms with E-state index >= 15 is 0 Å². The Bertz CT molecular complexity index is 1820. The number of benzene rings is 2. The number of nitrogens with zero attached hydrogens (tertiary/aromatic N) is 7. The number of ether oxygens (including phenoxy) is 1. The third-order valence-electron chi connectivity index (χ3n) is 9.57. The number of piperazine rings is 1. The number of hydrogen-bond acceptors (Lipinski definition) is 9. The molecule has 0 unspecified atom stereocenters. The molecule has 6 rings (SSSR count). The number of carbonyl (C=O) groups is 2. The van der Waals surface area contributed by atoms with Gasteiger partial charge in [0, 0.05) is 50.0 Å². The first kappa shape index (κ1) is 37.7. The lowest BCUT2D eigenvalue weighted by molar-refractivity contribution is -0.141. The predicted molar refractivity (Wildman–Crippen MR) is 187 cm³/mol. The average molecular weight is 748 g/mol. The summed E-state index contributed by atoms with van der Waals surface area (Å²) in [5.41, 5.74) is 0.446. The molecule has 2 saturated heterocycles. The molecule has 3 amide bonds. The van der Waals surface area contributed by atoms with Crippen molar-refractivity contribution in [1.29, 1.82) is 0 Å². The zero-order valence-corrected chi connectivity index (χ0v) is 29.1. The topological polar surface area (TPSA) is 109 Å². The highest BCUT2D eigenvalue weighted by atomic mass is 19.4. The maximum Gasteiger partial charge on any atom is 0.416 e. The fourth-order valence-corrected chi connectivity index (χ4v) is 6.83. The second-order valence-electron chi connectivity index (χ2n) is 13.1. The second kappa shape index (κ2) is 15.1. The lowest BCUT2D eigenvalue weighted by Crippen LogP contribution is -2.53. The first-order valence-corrected chi connectivity index (χ1v) is 16.9. The number of hydrogen-bond donors (Lipinski definition) is 2. The molecule has 0 saturated carbocycles. The van der Waals surface area contributed by atoms with Crippen LogP contribution in [0.5, 0.6) is 5.75 Å². The van der Waals surface area contributed by atoms with Crippen molar-refractivity contribution in [3.63, 3.8) is 0 Å². The SMILES string of the molecule is C=CC(=O)Nc1cc(Nc2ncc3c(n2)N(c2ccc(C(F)(F)F)cc2)C(=O)N(CC(F)(F)F)C3)c(OC)cc1N1CCN(C2CCN(C)CC2)CC1. The van der Waals surface area contributed by atoms with Gasteiger partial charge in [0.15, 0.2) is 5.82 Å². The monoisotopic (exact) mass is 747 g/mol. The molecular weight excluding hydrogens is 708 g/mol. The van der Waals surface area contributed by atoms with Crippen LogP contribution in [0, 0.1) is 0 Å². The molecule has 0 spiro atoms. The summed E-state index contributed by atoms with van der Waals surface area (Å²) in [5, 5.41) is 5.87. The third-order valence-corrected chi connectivity index (χ3v) is 9.57. The van der Waals surface area contributed by atoms with E-state index in [9.17, 15) is 35.9 Å². The first-order chi connectivity index (χ1) is 25.1. The fourth-order valence-electron chi connectivity index (χ4n) is 6.83. The molecule has 3 aliphatic rings. The van der Waals surface area contributed by atoms with Crippen LogP contribution < -0.4 is 25.2 Å². The Balaban J connectivity index is 1.31. The summed E-state index contributed by atoms with van der Waals surface area (Å²) < 4.78 is 86.0. The van der Waals surface area contributed by atoms with E-state index in [0.717, 1.165) is 74.3 Å². The summed E-state index contributed by atoms with van der Waals surface area (Å²) in [6, 6.07) is 6.21. The van der Waals surface area contributed by atoms with Crippen LogP contribution in [0.25, 0.3) is 0 Å². The molecule has 0 aliphatic carbocycles. The van der Waals surface area contributed by atoms with Gasteiger partial charge in [-0.15, -0.1) is 0 Å². The Morgan fingerprint density at radius 2 is 1.68 bits per heavy atom. The van der Waals surface area contributed by atoms with Crippen molar-refractivity contribution in [2.45, 2.75) is 37.8 Å². The number of nitrogens with one attached hydrogen (secondary N) is 2. The average Bonchev–Trinajstić information content (AvgIpc) is 3.12. The highest BCUT2D eigenvalue weighted by Gasteiger charge is 2.40. The van der Waals surface area contributed by atoms with E-state index in [4.69, 9.17) is 4.74 Å². The van der Waals surface area contributed by atoms with Crippen LogP contribution in [-0.4, -0.2) is 109 Å². The van der Waals surface area contributed by atoms with Crippen molar-refractivity contribution < 1.29 is 40.7 Å². The summed E-state index contributed by atoms with van der Waals surface area (Å²) in [5.74, 6) is -0.324. The number of methoxy groups -OCH3 is 1. The minimum atomic E-state index is -4.75. The molecule has 2 fully saturated rings. The fraction of sp³-hybridized carbons (Fsp3) is 0.429. The number of rotatable bonds is 9. The van der Waals surface area contributed by atoms with Crippen LogP contribution in [0.15, 0.2) is 55.3 Å². The second-order valence-corrected chi connectivity index (χ2v) is 13.1. The van der Waals surface area contributed by atoms with Gasteiger partial charge in [0.2, 0.25) is 11.9 Å². The van der Waals surface area contributed by atoms with Crippen molar-refractivity contribution in [3.05, 3.63) is 66.4 Å². The normalized spacial score (nSPS) is 17.8. The quantitative estimate of drug-likeness (QED) is 0.195. The highest BCUT2D eigenvalue weighted by Crippen LogP contribution is 2.41. The van der Waals surface area contributed by atoms with Crippen molar-refractivity contribution in [2.75, 3.05) is 80.4 Å². The van der Waals surface area contributed by atoms with Gasteiger partial charge in [-0.2, -0.15) is 31.3 Å². The van der Waals surface area contributed by atoms with E-state index in [0.29, 0.717) is 46.8 Å². The number of anilines is 6. The lowest BCUT2D eigenvalue weighted by Gasteiger charge is -2.43. The molecule has 18 heteroatoms. The van der Waals surface area contributed by atoms with Crippen LogP contribution in [-0.2, 0) is 17.5 Å². The maximum atomic E-state index is 13.5. The molecule has 4 heterocycles. The Morgan fingerprint density at radius 1 is 1.00 bits per heavy atom. The molecule has 284 valence electrons. The number of urea groups is 1. The van der Waals surface area contributed by atoms with Gasteiger partial charge in [0.05, 0.1) is 42.0 Å². The number of piperidine rings is 1. The minimum Gasteiger partial charge on any atom is -0.494 e. The van der Waals surface area contributed by atoms with Gasteiger partial charge < -0.3 is 30.1 Å². The predicted octanol–water partition coefficient (Wildman–Crippen LogP) is 6.22. The minimum absolute atomic E-state index is 0.100. The van der Waals surface area contributed by atoms with Crippen LogP contribution in [0.4, 0.5) is 65.7 Å². The Kier molecular flexibility index (Phi) is 10.7. The van der Waals surface area contributed by atoms with Crippen molar-refractivity contribution in [2.24, 2.45) is 0 Å². The largest absolute Gasteiger partial charge is 0.494 e. The first-order valence-electron chi connectivity index (χ1n) is 16.9. The summed E-state index contributed by atoms with van der Waals surface area (Å²) in [6.45, 7) is 6.66. The van der Waals surface area contributed by atoms with E-state index in [-0.39, 0.29) is 23.0 Å². The smallest absolute Gasteiger partial charge is 0.416 e. The van der Waals surface area contributed by atoms with E-state index < -0.39 is 42.9 Å². The zero-order valence-electron chi connectivity index (χ0n) is 29.1. The Hall–Kier alpha value is -5.10. The van der Waals surface area contributed by atoms with Crippen molar-refractivity contribution in [1.82, 2.24) is 24.7 Å². The van der Waals surface area contributed by atoms with E-state index in [1.165, 1.54) is 13.3 Å². The van der Waals surface area contributed by atoms with Gasteiger partial charge in [-0.1, -0.05) is 6.58 Å². The zero-order chi connectivity index (χ0) is 38.1. The van der Waals surface area contributed by atoms with E-state index in [1.54, 1.807) is 12.1 Å². The summed E-state index contributed by atoms with van der Waals surface area (Å²) >= 11 is 0. The number of fused-ring (bicyclic) bond motifs is 1. The van der Waals surface area contributed by atoms with Crippen molar-refractivity contribution in [3.8, 4) is 5.75 Å². The third kappa shape index (κ3) is 8.59. The molecule has 2 N–H and O–H groups in total. The molecule has 53 heavy (non-hydrogen) atoms. The molecule has 0 bridgehead atoms. The van der Waals surface area contributed by atoms with Crippen LogP contribution in [0.3, 0.4) is 0 Å². The van der Waals surface area contributed by atoms with Gasteiger partial charge in [0.25, 0.3) is 0 Å².